The van der Waals surface area contributed by atoms with Crippen LogP contribution in [-0.4, -0.2) is 24.4 Å². The van der Waals surface area contributed by atoms with Gasteiger partial charge in [0.25, 0.3) is 0 Å². The normalized spacial score (nSPS) is 18.8. The van der Waals surface area contributed by atoms with Crippen molar-refractivity contribution in [3.8, 4) is 0 Å². The van der Waals surface area contributed by atoms with Gasteiger partial charge in [0, 0.05) is 19.6 Å². The molecule has 2 nitrogen and oxygen atoms in total. The first-order chi connectivity index (χ1) is 5.60. The molecule has 0 rings (SSSR count). The summed E-state index contributed by atoms with van der Waals surface area (Å²) in [4.78, 5) is 0. The van der Waals surface area contributed by atoms with Crippen LogP contribution in [0, 0.1) is 5.92 Å². The number of methoxy groups -OCH3 is 1. The highest BCUT2D eigenvalue weighted by atomic mass is 16.5. The molecule has 0 aromatic carbocycles. The van der Waals surface area contributed by atoms with Crippen LogP contribution in [0.1, 0.15) is 40.0 Å². The molecule has 2 atom stereocenters. The van der Waals surface area contributed by atoms with Gasteiger partial charge in [-0.1, -0.05) is 26.7 Å². The van der Waals surface area contributed by atoms with Gasteiger partial charge in [-0.05, 0) is 13.3 Å². The Kier molecular flexibility index (Phi) is 5.51. The molecule has 0 radical (unpaired) electrons. The van der Waals surface area contributed by atoms with E-state index in [-0.39, 0.29) is 18.1 Å². The van der Waals surface area contributed by atoms with Crippen LogP contribution in [0.4, 0.5) is 0 Å². The van der Waals surface area contributed by atoms with Crippen molar-refractivity contribution in [2.75, 3.05) is 13.7 Å². The topological polar surface area (TPSA) is 29.5 Å². The molecule has 0 aliphatic heterocycles. The van der Waals surface area contributed by atoms with Crippen molar-refractivity contribution >= 4 is 0 Å². The Hall–Kier alpha value is -0.0800. The van der Waals surface area contributed by atoms with E-state index in [0.29, 0.717) is 0 Å². The molecule has 0 saturated heterocycles. The van der Waals surface area contributed by atoms with Gasteiger partial charge < -0.3 is 9.84 Å². The number of rotatable bonds is 6. The van der Waals surface area contributed by atoms with Crippen LogP contribution in [-0.2, 0) is 4.74 Å². The maximum Gasteiger partial charge on any atom is 0.0698 e. The SMILES string of the molecule is CCCCC(C)(OC)C(C)CO. The standard InChI is InChI=1S/C10H22O2/c1-5-6-7-10(3,12-4)9(2)8-11/h9,11H,5-8H2,1-4H3. The summed E-state index contributed by atoms with van der Waals surface area (Å²) in [5.74, 6) is 0.217. The average Bonchev–Trinajstić information content (AvgIpc) is 2.12. The summed E-state index contributed by atoms with van der Waals surface area (Å²) < 4.78 is 5.43. The van der Waals surface area contributed by atoms with Crippen molar-refractivity contribution < 1.29 is 9.84 Å². The van der Waals surface area contributed by atoms with Gasteiger partial charge in [0.2, 0.25) is 0 Å². The van der Waals surface area contributed by atoms with E-state index in [0.717, 1.165) is 12.8 Å². The van der Waals surface area contributed by atoms with Crippen LogP contribution in [0.2, 0.25) is 0 Å². The summed E-state index contributed by atoms with van der Waals surface area (Å²) in [5, 5.41) is 9.02. The van der Waals surface area contributed by atoms with Gasteiger partial charge in [0.15, 0.2) is 0 Å². The zero-order valence-corrected chi connectivity index (χ0v) is 8.76. The Balaban J connectivity index is 4.03. The minimum atomic E-state index is -0.148. The van der Waals surface area contributed by atoms with E-state index in [1.54, 1.807) is 7.11 Å². The highest BCUT2D eigenvalue weighted by Crippen LogP contribution is 2.26. The average molecular weight is 174 g/mol. The summed E-state index contributed by atoms with van der Waals surface area (Å²) in [6.45, 7) is 6.47. The largest absolute Gasteiger partial charge is 0.396 e. The van der Waals surface area contributed by atoms with Gasteiger partial charge in [0.05, 0.1) is 5.60 Å². The van der Waals surface area contributed by atoms with E-state index >= 15 is 0 Å². The van der Waals surface area contributed by atoms with E-state index in [4.69, 9.17) is 9.84 Å². The lowest BCUT2D eigenvalue weighted by Crippen LogP contribution is -2.37. The second-order valence-electron chi connectivity index (χ2n) is 3.70. The molecule has 2 unspecified atom stereocenters. The number of aliphatic hydroxyl groups is 1. The molecule has 0 saturated carbocycles. The van der Waals surface area contributed by atoms with E-state index in [9.17, 15) is 0 Å². The third-order valence-electron chi connectivity index (χ3n) is 2.81. The molecule has 0 aliphatic rings. The van der Waals surface area contributed by atoms with Crippen LogP contribution in [0.5, 0.6) is 0 Å². The van der Waals surface area contributed by atoms with Crippen molar-refractivity contribution in [2.45, 2.75) is 45.6 Å². The van der Waals surface area contributed by atoms with Crippen molar-refractivity contribution in [2.24, 2.45) is 5.92 Å². The molecule has 12 heavy (non-hydrogen) atoms. The predicted octanol–water partition coefficient (Wildman–Crippen LogP) is 2.21. The van der Waals surface area contributed by atoms with E-state index < -0.39 is 0 Å². The van der Waals surface area contributed by atoms with E-state index in [2.05, 4.69) is 13.8 Å². The van der Waals surface area contributed by atoms with Gasteiger partial charge >= 0.3 is 0 Å². The smallest absolute Gasteiger partial charge is 0.0698 e. The Morgan fingerprint density at radius 2 is 2.08 bits per heavy atom. The predicted molar refractivity (Wildman–Crippen MR) is 51.2 cm³/mol. The molecule has 0 amide bonds. The number of hydrogen-bond acceptors (Lipinski definition) is 2. The van der Waals surface area contributed by atoms with Crippen LogP contribution < -0.4 is 0 Å². The lowest BCUT2D eigenvalue weighted by Gasteiger charge is -2.33. The molecular weight excluding hydrogens is 152 g/mol. The molecule has 0 bridgehead atoms. The fraction of sp³-hybridized carbons (Fsp3) is 1.00. The third kappa shape index (κ3) is 3.11. The van der Waals surface area contributed by atoms with Gasteiger partial charge in [-0.2, -0.15) is 0 Å². The second kappa shape index (κ2) is 5.55. The maximum atomic E-state index is 9.02. The minimum absolute atomic E-state index is 0.148. The summed E-state index contributed by atoms with van der Waals surface area (Å²) in [5.41, 5.74) is -0.148. The number of unbranched alkanes of at least 4 members (excludes halogenated alkanes) is 1. The summed E-state index contributed by atoms with van der Waals surface area (Å²) in [7, 11) is 1.72. The van der Waals surface area contributed by atoms with Crippen molar-refractivity contribution in [3.63, 3.8) is 0 Å². The molecule has 0 aromatic rings. The minimum Gasteiger partial charge on any atom is -0.396 e. The van der Waals surface area contributed by atoms with Crippen molar-refractivity contribution in [3.05, 3.63) is 0 Å². The van der Waals surface area contributed by atoms with Crippen LogP contribution in [0.25, 0.3) is 0 Å². The van der Waals surface area contributed by atoms with Gasteiger partial charge in [-0.3, -0.25) is 0 Å². The van der Waals surface area contributed by atoms with E-state index in [1.807, 2.05) is 6.92 Å². The second-order valence-corrected chi connectivity index (χ2v) is 3.70. The monoisotopic (exact) mass is 174 g/mol. The molecule has 74 valence electrons. The quantitative estimate of drug-likeness (QED) is 0.669. The van der Waals surface area contributed by atoms with Crippen LogP contribution in [0.15, 0.2) is 0 Å². The van der Waals surface area contributed by atoms with Crippen molar-refractivity contribution in [1.29, 1.82) is 0 Å². The van der Waals surface area contributed by atoms with Crippen molar-refractivity contribution in [1.82, 2.24) is 0 Å². The highest BCUT2D eigenvalue weighted by Gasteiger charge is 2.29. The lowest BCUT2D eigenvalue weighted by atomic mass is 9.86. The molecule has 1 N–H and O–H groups in total. The van der Waals surface area contributed by atoms with Gasteiger partial charge in [-0.15, -0.1) is 0 Å². The van der Waals surface area contributed by atoms with Gasteiger partial charge in [0.1, 0.15) is 0 Å². The Morgan fingerprint density at radius 1 is 1.50 bits per heavy atom. The van der Waals surface area contributed by atoms with E-state index in [1.165, 1.54) is 6.42 Å². The molecular formula is C10H22O2. The first-order valence-electron chi connectivity index (χ1n) is 4.76. The highest BCUT2D eigenvalue weighted by molar-refractivity contribution is 4.80. The summed E-state index contributed by atoms with van der Waals surface area (Å²) in [6, 6.07) is 0. The fourth-order valence-electron chi connectivity index (χ4n) is 1.27. The lowest BCUT2D eigenvalue weighted by molar-refractivity contribution is -0.0607. The van der Waals surface area contributed by atoms with Crippen LogP contribution in [0.3, 0.4) is 0 Å². The zero-order valence-electron chi connectivity index (χ0n) is 8.76. The Bertz CT molecular complexity index is 114. The van der Waals surface area contributed by atoms with Gasteiger partial charge in [-0.25, -0.2) is 0 Å². The molecule has 0 heterocycles. The molecule has 0 spiro atoms. The van der Waals surface area contributed by atoms with Crippen LogP contribution >= 0.6 is 0 Å². The first-order valence-corrected chi connectivity index (χ1v) is 4.76. The fourth-order valence-corrected chi connectivity index (χ4v) is 1.27. The molecule has 2 heteroatoms. The number of hydrogen-bond donors (Lipinski definition) is 1. The maximum absolute atomic E-state index is 9.02. The molecule has 0 fully saturated rings. The Labute approximate surface area is 75.9 Å². The number of ether oxygens (including phenoxy) is 1. The molecule has 0 aliphatic carbocycles. The number of aliphatic hydroxyl groups excluding tert-OH is 1. The zero-order chi connectivity index (χ0) is 9.61. The summed E-state index contributed by atoms with van der Waals surface area (Å²) in [6.07, 6.45) is 3.37. The molecule has 0 aromatic heterocycles. The third-order valence-corrected chi connectivity index (χ3v) is 2.81. The summed E-state index contributed by atoms with van der Waals surface area (Å²) >= 11 is 0. The first kappa shape index (κ1) is 11.9. The Morgan fingerprint density at radius 3 is 2.42 bits per heavy atom.